The second-order valence-electron chi connectivity index (χ2n) is 9.81. The lowest BCUT2D eigenvalue weighted by atomic mass is 10.1. The van der Waals surface area contributed by atoms with Crippen LogP contribution in [0.3, 0.4) is 0 Å². The van der Waals surface area contributed by atoms with E-state index >= 15 is 4.39 Å². The zero-order valence-corrected chi connectivity index (χ0v) is 24.8. The predicted molar refractivity (Wildman–Crippen MR) is 165 cm³/mol. The summed E-state index contributed by atoms with van der Waals surface area (Å²) < 4.78 is 38.6. The molecule has 0 spiro atoms. The Morgan fingerprint density at radius 1 is 1.02 bits per heavy atom. The number of cyclic esters (lactones) is 1. The number of amides is 1. The number of hydrazine groups is 1. The number of amidine groups is 1. The minimum Gasteiger partial charge on any atom is -0.441 e. The van der Waals surface area contributed by atoms with E-state index in [1.807, 2.05) is 60.7 Å². The number of halogens is 1. The molecule has 1 amide bonds. The van der Waals surface area contributed by atoms with Gasteiger partial charge in [0.1, 0.15) is 17.6 Å². The molecule has 3 aromatic carbocycles. The largest absolute Gasteiger partial charge is 0.441 e. The van der Waals surface area contributed by atoms with Crippen LogP contribution in [0.5, 0.6) is 0 Å². The third kappa shape index (κ3) is 8.34. The van der Waals surface area contributed by atoms with Crippen molar-refractivity contribution in [1.82, 2.24) is 10.1 Å². The fourth-order valence-electron chi connectivity index (χ4n) is 4.31. The van der Waals surface area contributed by atoms with E-state index in [-0.39, 0.29) is 19.0 Å². The number of nitrogens with two attached hydrogens (primary N) is 2. The monoisotopic (exact) mass is 618 g/mol. The van der Waals surface area contributed by atoms with E-state index in [1.54, 1.807) is 24.3 Å². The van der Waals surface area contributed by atoms with Gasteiger partial charge in [0, 0.05) is 24.4 Å². The maximum Gasteiger partial charge on any atom is 0.414 e. The third-order valence-corrected chi connectivity index (χ3v) is 7.51. The third-order valence-electron chi connectivity index (χ3n) is 6.47. The maximum absolute atomic E-state index is 15.2. The van der Waals surface area contributed by atoms with Crippen molar-refractivity contribution in [3.8, 4) is 11.1 Å². The Morgan fingerprint density at radius 2 is 1.68 bits per heavy atom. The Hall–Kier alpha value is -4.45. The summed E-state index contributed by atoms with van der Waals surface area (Å²) in [7, 11) is -0.221. The molecule has 1 atom stereocenters. The van der Waals surface area contributed by atoms with Gasteiger partial charge in [0.15, 0.2) is 5.84 Å². The van der Waals surface area contributed by atoms with Gasteiger partial charge in [-0.05, 0) is 35.4 Å². The molecule has 0 bridgehead atoms. The number of anilines is 1. The predicted octanol–water partition coefficient (Wildman–Crippen LogP) is 5.32. The SMILES string of the molecule is CN(N)/N=C(\N)c1ccc(-c2ccc(N3CC(COP(OCc4ccccc4)OCc4ccccc4)OC3=O)cc2F)cn1. The number of nitrogens with zero attached hydrogens (tertiary/aromatic N) is 4. The molecule has 44 heavy (non-hydrogen) atoms. The molecule has 13 heteroatoms. The lowest BCUT2D eigenvalue weighted by Gasteiger charge is -2.18. The molecule has 5 rings (SSSR count). The van der Waals surface area contributed by atoms with E-state index in [0.29, 0.717) is 35.7 Å². The van der Waals surface area contributed by atoms with E-state index < -0.39 is 26.6 Å². The highest BCUT2D eigenvalue weighted by molar-refractivity contribution is 7.41. The van der Waals surface area contributed by atoms with Crippen molar-refractivity contribution in [2.45, 2.75) is 19.3 Å². The van der Waals surface area contributed by atoms with Gasteiger partial charge in [-0.25, -0.2) is 20.1 Å². The number of benzene rings is 3. The van der Waals surface area contributed by atoms with E-state index in [2.05, 4.69) is 10.1 Å². The Kier molecular flexibility index (Phi) is 10.4. The van der Waals surface area contributed by atoms with Gasteiger partial charge in [-0.3, -0.25) is 9.88 Å². The quantitative estimate of drug-likeness (QED) is 0.0671. The van der Waals surface area contributed by atoms with Crippen molar-refractivity contribution in [2.75, 3.05) is 25.1 Å². The summed E-state index contributed by atoms with van der Waals surface area (Å²) in [5, 5.41) is 4.97. The molecule has 1 aliphatic rings. The molecule has 0 saturated carbocycles. The number of hydrogen-bond donors (Lipinski definition) is 2. The molecule has 1 fully saturated rings. The first-order valence-electron chi connectivity index (χ1n) is 13.7. The van der Waals surface area contributed by atoms with Crippen LogP contribution in [0.1, 0.15) is 16.8 Å². The second-order valence-corrected chi connectivity index (χ2v) is 11.0. The van der Waals surface area contributed by atoms with Crippen molar-refractivity contribution in [3.63, 3.8) is 0 Å². The summed E-state index contributed by atoms with van der Waals surface area (Å²) >= 11 is 0. The molecule has 1 saturated heterocycles. The molecule has 4 aromatic rings. The molecule has 0 aliphatic carbocycles. The van der Waals surface area contributed by atoms with Gasteiger partial charge in [0.2, 0.25) is 0 Å². The van der Waals surface area contributed by atoms with Gasteiger partial charge in [-0.1, -0.05) is 66.7 Å². The number of carbonyl (C=O) groups is 1. The Morgan fingerprint density at radius 3 is 2.25 bits per heavy atom. The first kappa shape index (κ1) is 31.0. The standard InChI is InChI=1S/C31H32FN6O5P/c1-37(34)36-30(33)29-15-12-24(17-35-29)27-14-13-25(16-28(27)32)38-18-26(43-31(38)39)21-42-44(40-19-22-8-4-2-5-9-22)41-20-23-10-6-3-7-11-23/h2-17,26H,18-21,34H2,1H3,(H2,33,36). The lowest BCUT2D eigenvalue weighted by molar-refractivity contribution is 0.0818. The average Bonchev–Trinajstić information content (AvgIpc) is 3.41. The number of hydrogen-bond acceptors (Lipinski definition) is 9. The minimum atomic E-state index is -1.75. The van der Waals surface area contributed by atoms with Crippen molar-refractivity contribution in [2.24, 2.45) is 16.7 Å². The summed E-state index contributed by atoms with van der Waals surface area (Å²) in [6.45, 7) is 0.812. The summed E-state index contributed by atoms with van der Waals surface area (Å²) in [5.74, 6) is 5.08. The molecular weight excluding hydrogens is 586 g/mol. The highest BCUT2D eigenvalue weighted by Gasteiger charge is 2.34. The number of carbonyl (C=O) groups excluding carboxylic acids is 1. The summed E-state index contributed by atoms with van der Waals surface area (Å²) in [6, 6.07) is 27.2. The smallest absolute Gasteiger partial charge is 0.414 e. The molecule has 2 heterocycles. The van der Waals surface area contributed by atoms with Crippen molar-refractivity contribution in [1.29, 1.82) is 0 Å². The molecule has 228 valence electrons. The lowest BCUT2D eigenvalue weighted by Crippen LogP contribution is -2.26. The van der Waals surface area contributed by atoms with Gasteiger partial charge in [-0.15, -0.1) is 5.10 Å². The molecular formula is C31H32FN6O5P. The van der Waals surface area contributed by atoms with Crippen molar-refractivity contribution >= 4 is 26.2 Å². The molecule has 1 unspecified atom stereocenters. The Bertz CT molecular complexity index is 1520. The molecule has 4 N–H and O–H groups in total. The van der Waals surface area contributed by atoms with Crippen molar-refractivity contribution in [3.05, 3.63) is 120 Å². The highest BCUT2D eigenvalue weighted by atomic mass is 31.2. The van der Waals surface area contributed by atoms with Gasteiger partial charge < -0.3 is 24.0 Å². The Labute approximate surface area is 255 Å². The molecule has 1 aromatic heterocycles. The van der Waals surface area contributed by atoms with Gasteiger partial charge >= 0.3 is 14.7 Å². The number of pyridine rings is 1. The normalized spacial score (nSPS) is 15.1. The number of rotatable bonds is 13. The zero-order valence-electron chi connectivity index (χ0n) is 24.0. The minimum absolute atomic E-state index is 0.0441. The maximum atomic E-state index is 15.2. The van der Waals surface area contributed by atoms with Crippen LogP contribution in [0.25, 0.3) is 11.1 Å². The van der Waals surface area contributed by atoms with E-state index in [9.17, 15) is 4.79 Å². The van der Waals surface area contributed by atoms with Crippen LogP contribution in [-0.2, 0) is 31.5 Å². The fourth-order valence-corrected chi connectivity index (χ4v) is 5.33. The highest BCUT2D eigenvalue weighted by Crippen LogP contribution is 2.42. The van der Waals surface area contributed by atoms with Crippen LogP contribution < -0.4 is 16.5 Å². The van der Waals surface area contributed by atoms with E-state index in [1.165, 1.54) is 24.2 Å². The van der Waals surface area contributed by atoms with Crippen molar-refractivity contribution < 1.29 is 27.5 Å². The van der Waals surface area contributed by atoms with Gasteiger partial charge in [-0.2, -0.15) is 0 Å². The van der Waals surface area contributed by atoms with E-state index in [4.69, 9.17) is 29.9 Å². The van der Waals surface area contributed by atoms with Gasteiger partial charge in [0.05, 0.1) is 32.1 Å². The summed E-state index contributed by atoms with van der Waals surface area (Å²) in [4.78, 5) is 18.3. The van der Waals surface area contributed by atoms with Crippen LogP contribution in [0.2, 0.25) is 0 Å². The number of aromatic nitrogens is 1. The van der Waals surface area contributed by atoms with Crippen LogP contribution in [-0.4, -0.2) is 48.3 Å². The van der Waals surface area contributed by atoms with Crippen LogP contribution in [0, 0.1) is 5.82 Å². The number of ether oxygens (including phenoxy) is 1. The molecule has 1 aliphatic heterocycles. The fraction of sp³-hybridized carbons (Fsp3) is 0.194. The van der Waals surface area contributed by atoms with Crippen LogP contribution in [0.15, 0.2) is 102 Å². The number of hydrazone groups is 1. The summed E-state index contributed by atoms with van der Waals surface area (Å²) in [5.41, 5.74) is 9.40. The first-order valence-corrected chi connectivity index (χ1v) is 14.8. The topological polar surface area (TPSA) is 138 Å². The zero-order chi connectivity index (χ0) is 30.9. The van der Waals surface area contributed by atoms with Crippen LogP contribution >= 0.6 is 8.60 Å². The second kappa shape index (κ2) is 14.8. The van der Waals surface area contributed by atoms with Crippen LogP contribution in [0.4, 0.5) is 14.9 Å². The molecule has 0 radical (unpaired) electrons. The Balaban J connectivity index is 1.20. The average molecular weight is 619 g/mol. The first-order chi connectivity index (χ1) is 21.4. The summed E-state index contributed by atoms with van der Waals surface area (Å²) in [6.07, 6.45) is 0.283. The van der Waals surface area contributed by atoms with Gasteiger partial charge in [0.25, 0.3) is 0 Å². The molecule has 11 nitrogen and oxygen atoms in total. The van der Waals surface area contributed by atoms with E-state index in [0.717, 1.165) is 16.2 Å².